The second-order valence-corrected chi connectivity index (χ2v) is 6.06. The summed E-state index contributed by atoms with van der Waals surface area (Å²) in [7, 11) is 0. The van der Waals surface area contributed by atoms with Crippen LogP contribution >= 0.6 is 23.2 Å². The summed E-state index contributed by atoms with van der Waals surface area (Å²) >= 11 is 11.9. The molecule has 4 nitrogen and oxygen atoms in total. The monoisotopic (exact) mass is 314 g/mol. The lowest BCUT2D eigenvalue weighted by molar-refractivity contribution is -0.0445. The van der Waals surface area contributed by atoms with Crippen LogP contribution in [0.4, 0.5) is 0 Å². The smallest absolute Gasteiger partial charge is 0.254 e. The average molecular weight is 315 g/mol. The van der Waals surface area contributed by atoms with E-state index in [1.165, 1.54) is 0 Å². The van der Waals surface area contributed by atoms with Crippen LogP contribution in [-0.4, -0.2) is 41.1 Å². The maximum Gasteiger partial charge on any atom is 0.254 e. The van der Waals surface area contributed by atoms with Gasteiger partial charge in [-0.15, -0.1) is 0 Å². The Bertz CT molecular complexity index is 550. The number of rotatable bonds is 1. The molecule has 1 aliphatic heterocycles. The predicted molar refractivity (Wildman–Crippen MR) is 77.4 cm³/mol. The van der Waals surface area contributed by atoms with Gasteiger partial charge in [0.2, 0.25) is 0 Å². The lowest BCUT2D eigenvalue weighted by Gasteiger charge is -2.38. The van der Waals surface area contributed by atoms with Gasteiger partial charge >= 0.3 is 0 Å². The minimum atomic E-state index is -0.0195. The second-order valence-electron chi connectivity index (χ2n) is 5.31. The van der Waals surface area contributed by atoms with Crippen molar-refractivity contribution in [2.45, 2.75) is 38.3 Å². The first-order valence-electron chi connectivity index (χ1n) is 6.83. The Morgan fingerprint density at radius 3 is 3.05 bits per heavy atom. The van der Waals surface area contributed by atoms with Crippen LogP contribution in [0.1, 0.15) is 35.2 Å². The number of hydrogen-bond acceptors (Lipinski definition) is 3. The van der Waals surface area contributed by atoms with Gasteiger partial charge in [-0.1, -0.05) is 23.2 Å². The van der Waals surface area contributed by atoms with Gasteiger partial charge in [0.05, 0.1) is 18.8 Å². The molecule has 0 bridgehead atoms. The van der Waals surface area contributed by atoms with Gasteiger partial charge in [-0.3, -0.25) is 4.79 Å². The summed E-state index contributed by atoms with van der Waals surface area (Å²) in [5.74, 6) is -0.0195. The SMILES string of the molecule is Cc1c(C(=O)N2CCO[C@@H]3CCC[C@@H]32)cc(Cl)nc1Cl. The Morgan fingerprint density at radius 1 is 1.45 bits per heavy atom. The van der Waals surface area contributed by atoms with Crippen molar-refractivity contribution in [2.24, 2.45) is 0 Å². The zero-order valence-electron chi connectivity index (χ0n) is 11.2. The third kappa shape index (κ3) is 2.41. The number of nitrogens with zero attached hydrogens (tertiary/aromatic N) is 2. The normalized spacial score (nSPS) is 25.6. The minimum absolute atomic E-state index is 0.0195. The number of halogens is 2. The molecule has 2 aliphatic rings. The number of hydrogen-bond donors (Lipinski definition) is 0. The summed E-state index contributed by atoms with van der Waals surface area (Å²) in [5.41, 5.74) is 1.23. The Kier molecular flexibility index (Phi) is 3.89. The van der Waals surface area contributed by atoms with E-state index in [0.717, 1.165) is 19.3 Å². The topological polar surface area (TPSA) is 42.4 Å². The quantitative estimate of drug-likeness (QED) is 0.748. The number of carbonyl (C=O) groups is 1. The summed E-state index contributed by atoms with van der Waals surface area (Å²) in [6.07, 6.45) is 3.32. The van der Waals surface area contributed by atoms with Crippen molar-refractivity contribution < 1.29 is 9.53 Å². The molecule has 1 saturated carbocycles. The zero-order valence-corrected chi connectivity index (χ0v) is 12.7. The van der Waals surface area contributed by atoms with E-state index in [0.29, 0.717) is 24.3 Å². The second kappa shape index (κ2) is 5.51. The molecule has 0 spiro atoms. The molecule has 3 rings (SSSR count). The Hall–Kier alpha value is -0.840. The van der Waals surface area contributed by atoms with Gasteiger partial charge in [-0.2, -0.15) is 0 Å². The summed E-state index contributed by atoms with van der Waals surface area (Å²) in [4.78, 5) is 18.7. The summed E-state index contributed by atoms with van der Waals surface area (Å²) < 4.78 is 5.74. The highest BCUT2D eigenvalue weighted by atomic mass is 35.5. The molecule has 0 N–H and O–H groups in total. The molecule has 1 saturated heterocycles. The van der Waals surface area contributed by atoms with Gasteiger partial charge in [0.25, 0.3) is 5.91 Å². The van der Waals surface area contributed by atoms with Crippen LogP contribution in [0, 0.1) is 6.92 Å². The number of morpholine rings is 1. The van der Waals surface area contributed by atoms with Crippen molar-refractivity contribution in [2.75, 3.05) is 13.2 Å². The molecule has 0 aromatic carbocycles. The van der Waals surface area contributed by atoms with Crippen LogP contribution in [0.2, 0.25) is 10.3 Å². The van der Waals surface area contributed by atoms with Crippen LogP contribution < -0.4 is 0 Å². The molecule has 2 heterocycles. The number of aromatic nitrogens is 1. The summed E-state index contributed by atoms with van der Waals surface area (Å²) in [6.45, 7) is 3.01. The molecule has 0 radical (unpaired) electrons. The first kappa shape index (κ1) is 14.1. The fourth-order valence-corrected chi connectivity index (χ4v) is 3.53. The lowest BCUT2D eigenvalue weighted by Crippen LogP contribution is -2.51. The maximum atomic E-state index is 12.8. The molecule has 2 atom stereocenters. The van der Waals surface area contributed by atoms with Crippen LogP contribution in [0.3, 0.4) is 0 Å². The van der Waals surface area contributed by atoms with Crippen LogP contribution in [0.25, 0.3) is 0 Å². The highest BCUT2D eigenvalue weighted by Crippen LogP contribution is 2.32. The summed E-state index contributed by atoms with van der Waals surface area (Å²) in [5, 5.41) is 0.539. The largest absolute Gasteiger partial charge is 0.374 e. The van der Waals surface area contributed by atoms with Crippen molar-refractivity contribution in [3.63, 3.8) is 0 Å². The first-order chi connectivity index (χ1) is 9.58. The molecule has 1 amide bonds. The third-order valence-corrected chi connectivity index (χ3v) is 4.72. The maximum absolute atomic E-state index is 12.8. The third-order valence-electron chi connectivity index (χ3n) is 4.16. The number of amides is 1. The molecule has 1 aromatic rings. The highest BCUT2D eigenvalue weighted by Gasteiger charge is 2.39. The van der Waals surface area contributed by atoms with E-state index in [4.69, 9.17) is 27.9 Å². The van der Waals surface area contributed by atoms with Gasteiger partial charge in [-0.25, -0.2) is 4.98 Å². The van der Waals surface area contributed by atoms with E-state index in [2.05, 4.69) is 4.98 Å². The molecule has 20 heavy (non-hydrogen) atoms. The standard InChI is InChI=1S/C14H16Cl2N2O2/c1-8-9(7-12(15)17-13(8)16)14(19)18-5-6-20-11-4-2-3-10(11)18/h7,10-11H,2-6H2,1H3/t10-,11+/m0/s1. The number of fused-ring (bicyclic) bond motifs is 1. The molecule has 2 fully saturated rings. The Labute approximate surface area is 128 Å². The summed E-state index contributed by atoms with van der Waals surface area (Å²) in [6, 6.07) is 1.78. The van der Waals surface area contributed by atoms with E-state index in [1.54, 1.807) is 13.0 Å². The van der Waals surface area contributed by atoms with Gasteiger partial charge in [0.15, 0.2) is 0 Å². The number of pyridine rings is 1. The number of ether oxygens (including phenoxy) is 1. The van der Waals surface area contributed by atoms with E-state index in [9.17, 15) is 4.79 Å². The molecule has 1 aliphatic carbocycles. The van der Waals surface area contributed by atoms with Crippen LogP contribution in [0.5, 0.6) is 0 Å². The molecule has 6 heteroatoms. The number of carbonyl (C=O) groups excluding carboxylic acids is 1. The lowest BCUT2D eigenvalue weighted by atomic mass is 10.1. The predicted octanol–water partition coefficient (Wildman–Crippen LogP) is 3.09. The van der Waals surface area contributed by atoms with Crippen molar-refractivity contribution in [3.05, 3.63) is 27.5 Å². The van der Waals surface area contributed by atoms with E-state index >= 15 is 0 Å². The van der Waals surface area contributed by atoms with Gasteiger partial charge < -0.3 is 9.64 Å². The Morgan fingerprint density at radius 2 is 2.25 bits per heavy atom. The van der Waals surface area contributed by atoms with Gasteiger partial charge in [0.1, 0.15) is 10.3 Å². The molecule has 108 valence electrons. The molecular weight excluding hydrogens is 299 g/mol. The van der Waals surface area contributed by atoms with E-state index in [1.807, 2.05) is 4.90 Å². The molecule has 0 unspecified atom stereocenters. The van der Waals surface area contributed by atoms with Crippen LogP contribution in [0.15, 0.2) is 6.07 Å². The highest BCUT2D eigenvalue weighted by molar-refractivity contribution is 6.33. The van der Waals surface area contributed by atoms with Gasteiger partial charge in [0, 0.05) is 12.1 Å². The van der Waals surface area contributed by atoms with E-state index in [-0.39, 0.29) is 28.4 Å². The van der Waals surface area contributed by atoms with Crippen LogP contribution in [-0.2, 0) is 4.74 Å². The van der Waals surface area contributed by atoms with E-state index < -0.39 is 0 Å². The molecule has 1 aromatic heterocycles. The first-order valence-corrected chi connectivity index (χ1v) is 7.58. The van der Waals surface area contributed by atoms with Crippen molar-refractivity contribution in [1.82, 2.24) is 9.88 Å². The fraction of sp³-hybridized carbons (Fsp3) is 0.571. The van der Waals surface area contributed by atoms with Crippen molar-refractivity contribution >= 4 is 29.1 Å². The average Bonchev–Trinajstić information content (AvgIpc) is 2.90. The Balaban J connectivity index is 1.92. The zero-order chi connectivity index (χ0) is 14.3. The minimum Gasteiger partial charge on any atom is -0.374 e. The van der Waals surface area contributed by atoms with Gasteiger partial charge in [-0.05, 0) is 37.8 Å². The molecular formula is C14H16Cl2N2O2. The van der Waals surface area contributed by atoms with Crippen molar-refractivity contribution in [3.8, 4) is 0 Å². The van der Waals surface area contributed by atoms with Crippen molar-refractivity contribution in [1.29, 1.82) is 0 Å². The fourth-order valence-electron chi connectivity index (χ4n) is 3.10.